The second-order valence-electron chi connectivity index (χ2n) is 4.91. The molecule has 1 aromatic heterocycles. The summed E-state index contributed by atoms with van der Waals surface area (Å²) < 4.78 is 5.12. The molecular formula is C18H15ClN4O. The van der Waals surface area contributed by atoms with Crippen molar-refractivity contribution < 1.29 is 4.74 Å². The minimum Gasteiger partial charge on any atom is -0.497 e. The Balaban J connectivity index is 1.75. The molecule has 0 amide bonds. The predicted molar refractivity (Wildman–Crippen MR) is 96.7 cm³/mol. The number of hydrogen-bond donors (Lipinski definition) is 1. The van der Waals surface area contributed by atoms with Crippen LogP contribution in [0.25, 0.3) is 11.4 Å². The van der Waals surface area contributed by atoms with E-state index in [-0.39, 0.29) is 0 Å². The highest BCUT2D eigenvalue weighted by molar-refractivity contribution is 6.29. The maximum absolute atomic E-state index is 6.07. The molecule has 0 spiro atoms. The van der Waals surface area contributed by atoms with E-state index in [2.05, 4.69) is 20.5 Å². The highest BCUT2D eigenvalue weighted by Gasteiger charge is 2.05. The van der Waals surface area contributed by atoms with Crippen molar-refractivity contribution in [2.45, 2.75) is 0 Å². The predicted octanol–water partition coefficient (Wildman–Crippen LogP) is 4.25. The van der Waals surface area contributed by atoms with Crippen LogP contribution in [0.15, 0.2) is 65.8 Å². The smallest absolute Gasteiger partial charge is 0.163 e. The molecule has 0 saturated heterocycles. The molecule has 1 heterocycles. The highest BCUT2D eigenvalue weighted by Crippen LogP contribution is 2.20. The summed E-state index contributed by atoms with van der Waals surface area (Å²) in [6.07, 6.45) is 1.69. The van der Waals surface area contributed by atoms with Gasteiger partial charge in [0.2, 0.25) is 0 Å². The van der Waals surface area contributed by atoms with E-state index in [0.29, 0.717) is 16.8 Å². The summed E-state index contributed by atoms with van der Waals surface area (Å²) in [5.41, 5.74) is 4.70. The Morgan fingerprint density at radius 1 is 1.04 bits per heavy atom. The zero-order valence-corrected chi connectivity index (χ0v) is 13.7. The molecule has 5 nitrogen and oxygen atoms in total. The van der Waals surface area contributed by atoms with E-state index in [1.54, 1.807) is 19.4 Å². The van der Waals surface area contributed by atoms with Crippen LogP contribution in [0.5, 0.6) is 5.75 Å². The molecule has 3 aromatic rings. The quantitative estimate of drug-likeness (QED) is 0.429. The van der Waals surface area contributed by atoms with E-state index in [4.69, 9.17) is 16.3 Å². The second-order valence-corrected chi connectivity index (χ2v) is 5.30. The van der Waals surface area contributed by atoms with E-state index >= 15 is 0 Å². The van der Waals surface area contributed by atoms with Crippen molar-refractivity contribution in [2.24, 2.45) is 5.10 Å². The van der Waals surface area contributed by atoms with Crippen molar-refractivity contribution in [3.05, 3.63) is 71.4 Å². The first kappa shape index (κ1) is 16.0. The van der Waals surface area contributed by atoms with Crippen LogP contribution < -0.4 is 10.2 Å². The molecule has 0 fully saturated rings. The lowest BCUT2D eigenvalue weighted by Crippen LogP contribution is -1.97. The van der Waals surface area contributed by atoms with Crippen LogP contribution in [-0.4, -0.2) is 23.3 Å². The molecule has 2 aromatic carbocycles. The van der Waals surface area contributed by atoms with E-state index in [0.717, 1.165) is 16.9 Å². The van der Waals surface area contributed by atoms with Gasteiger partial charge in [0.25, 0.3) is 0 Å². The molecule has 0 bridgehead atoms. The van der Waals surface area contributed by atoms with Crippen LogP contribution in [0, 0.1) is 0 Å². The second kappa shape index (κ2) is 7.57. The van der Waals surface area contributed by atoms with E-state index in [1.807, 2.05) is 54.6 Å². The van der Waals surface area contributed by atoms with Crippen molar-refractivity contribution >= 4 is 23.6 Å². The van der Waals surface area contributed by atoms with Crippen LogP contribution in [0.1, 0.15) is 5.56 Å². The highest BCUT2D eigenvalue weighted by atomic mass is 35.5. The van der Waals surface area contributed by atoms with E-state index in [1.165, 1.54) is 0 Å². The first-order valence-corrected chi connectivity index (χ1v) is 7.65. The fraction of sp³-hybridized carbons (Fsp3) is 0.0556. The molecule has 0 aliphatic carbocycles. The third-order valence-corrected chi connectivity index (χ3v) is 3.43. The van der Waals surface area contributed by atoms with Gasteiger partial charge in [-0.1, -0.05) is 41.9 Å². The van der Waals surface area contributed by atoms with Gasteiger partial charge in [0.05, 0.1) is 13.3 Å². The largest absolute Gasteiger partial charge is 0.497 e. The fourth-order valence-electron chi connectivity index (χ4n) is 2.05. The Kier molecular flexibility index (Phi) is 5.03. The molecule has 1 N–H and O–H groups in total. The average Bonchev–Trinajstić information content (AvgIpc) is 2.63. The topological polar surface area (TPSA) is 59.4 Å². The first-order chi connectivity index (χ1) is 11.7. The van der Waals surface area contributed by atoms with Gasteiger partial charge in [0.15, 0.2) is 11.6 Å². The van der Waals surface area contributed by atoms with Gasteiger partial charge in [-0.2, -0.15) is 5.10 Å². The summed E-state index contributed by atoms with van der Waals surface area (Å²) in [7, 11) is 1.63. The molecule has 6 heteroatoms. The standard InChI is InChI=1S/C18H15ClN4O/c1-24-15-9-7-13(8-10-15)12-20-23-17-11-16(19)21-18(22-17)14-5-3-2-4-6-14/h2-12H,1H3,(H,21,22,23)/b20-12+. The number of methoxy groups -OCH3 is 1. The maximum atomic E-state index is 6.07. The minimum absolute atomic E-state index is 0.353. The number of halogens is 1. The summed E-state index contributed by atoms with van der Waals surface area (Å²) in [5, 5.41) is 4.53. The van der Waals surface area contributed by atoms with Gasteiger partial charge in [0.1, 0.15) is 10.9 Å². The zero-order valence-electron chi connectivity index (χ0n) is 13.0. The summed E-state index contributed by atoms with van der Waals surface area (Å²) in [6.45, 7) is 0. The summed E-state index contributed by atoms with van der Waals surface area (Å²) >= 11 is 6.07. The number of aromatic nitrogens is 2. The number of anilines is 1. The van der Waals surface area contributed by atoms with Gasteiger partial charge in [-0.15, -0.1) is 0 Å². The molecule has 120 valence electrons. The van der Waals surface area contributed by atoms with E-state index in [9.17, 15) is 0 Å². The zero-order chi connectivity index (χ0) is 16.8. The molecule has 0 unspecified atom stereocenters. The van der Waals surface area contributed by atoms with Crippen molar-refractivity contribution in [1.29, 1.82) is 0 Å². The van der Waals surface area contributed by atoms with Gasteiger partial charge >= 0.3 is 0 Å². The molecule has 24 heavy (non-hydrogen) atoms. The molecule has 0 radical (unpaired) electrons. The number of nitrogens with one attached hydrogen (secondary N) is 1. The number of nitrogens with zero attached hydrogens (tertiary/aromatic N) is 3. The molecule has 0 atom stereocenters. The Labute approximate surface area is 145 Å². The average molecular weight is 339 g/mol. The minimum atomic E-state index is 0.353. The van der Waals surface area contributed by atoms with Crippen molar-refractivity contribution in [3.63, 3.8) is 0 Å². The third kappa shape index (κ3) is 4.08. The van der Waals surface area contributed by atoms with Crippen molar-refractivity contribution in [3.8, 4) is 17.1 Å². The van der Waals surface area contributed by atoms with Crippen LogP contribution >= 0.6 is 11.6 Å². The SMILES string of the molecule is COc1ccc(/C=N/Nc2cc(Cl)nc(-c3ccccc3)n2)cc1. The van der Waals surface area contributed by atoms with Gasteiger partial charge < -0.3 is 4.74 Å². The molecule has 0 aliphatic rings. The molecular weight excluding hydrogens is 324 g/mol. The van der Waals surface area contributed by atoms with Gasteiger partial charge in [0, 0.05) is 11.6 Å². The summed E-state index contributed by atoms with van der Waals surface area (Å²) in [5.74, 6) is 1.87. The lowest BCUT2D eigenvalue weighted by molar-refractivity contribution is 0.415. The first-order valence-electron chi connectivity index (χ1n) is 7.28. The monoisotopic (exact) mass is 338 g/mol. The maximum Gasteiger partial charge on any atom is 0.163 e. The van der Waals surface area contributed by atoms with Gasteiger partial charge in [-0.3, -0.25) is 5.43 Å². The van der Waals surface area contributed by atoms with Crippen LogP contribution in [0.4, 0.5) is 5.82 Å². The Bertz CT molecular complexity index is 835. The number of benzene rings is 2. The lowest BCUT2D eigenvalue weighted by atomic mass is 10.2. The Hall–Kier alpha value is -2.92. The summed E-state index contributed by atoms with van der Waals surface area (Å²) in [4.78, 5) is 8.66. The van der Waals surface area contributed by atoms with Gasteiger partial charge in [-0.05, 0) is 29.8 Å². The Morgan fingerprint density at radius 3 is 2.50 bits per heavy atom. The number of hydrogen-bond acceptors (Lipinski definition) is 5. The van der Waals surface area contributed by atoms with Crippen LogP contribution in [0.2, 0.25) is 5.15 Å². The molecule has 3 rings (SSSR count). The lowest BCUT2D eigenvalue weighted by Gasteiger charge is -2.04. The Morgan fingerprint density at radius 2 is 1.79 bits per heavy atom. The molecule has 0 saturated carbocycles. The molecule has 0 aliphatic heterocycles. The summed E-state index contributed by atoms with van der Waals surface area (Å²) in [6, 6.07) is 18.8. The fourth-order valence-corrected chi connectivity index (χ4v) is 2.24. The number of ether oxygens (including phenoxy) is 1. The van der Waals surface area contributed by atoms with Crippen molar-refractivity contribution in [2.75, 3.05) is 12.5 Å². The van der Waals surface area contributed by atoms with Gasteiger partial charge in [-0.25, -0.2) is 9.97 Å². The normalized spacial score (nSPS) is 10.8. The number of hydrazone groups is 1. The van der Waals surface area contributed by atoms with Crippen LogP contribution in [0.3, 0.4) is 0 Å². The van der Waals surface area contributed by atoms with E-state index < -0.39 is 0 Å². The number of rotatable bonds is 5. The van der Waals surface area contributed by atoms with Crippen LogP contribution in [-0.2, 0) is 0 Å². The van der Waals surface area contributed by atoms with Crippen molar-refractivity contribution in [1.82, 2.24) is 9.97 Å². The third-order valence-electron chi connectivity index (χ3n) is 3.24.